The SMILES string of the molecule is CC1=CCCC(C)=C1C(N)=CC=N. The van der Waals surface area contributed by atoms with Gasteiger partial charge in [0.15, 0.2) is 0 Å². The molecule has 0 spiro atoms. The number of nitrogens with two attached hydrogens (primary N) is 1. The van der Waals surface area contributed by atoms with Gasteiger partial charge in [0.05, 0.1) is 0 Å². The van der Waals surface area contributed by atoms with Gasteiger partial charge in [0.2, 0.25) is 0 Å². The van der Waals surface area contributed by atoms with Crippen molar-refractivity contribution in [2.24, 2.45) is 5.73 Å². The average molecular weight is 176 g/mol. The molecule has 1 aliphatic rings. The summed E-state index contributed by atoms with van der Waals surface area (Å²) in [7, 11) is 0. The van der Waals surface area contributed by atoms with Gasteiger partial charge in [-0.1, -0.05) is 11.6 Å². The molecule has 0 fully saturated rings. The number of allylic oxidation sites excluding steroid dienone is 4. The van der Waals surface area contributed by atoms with Crippen molar-refractivity contribution in [3.8, 4) is 0 Å². The van der Waals surface area contributed by atoms with Gasteiger partial charge in [-0.2, -0.15) is 0 Å². The van der Waals surface area contributed by atoms with Gasteiger partial charge in [-0.15, -0.1) is 0 Å². The van der Waals surface area contributed by atoms with E-state index < -0.39 is 0 Å². The molecule has 2 nitrogen and oxygen atoms in total. The second-order valence-corrected chi connectivity index (χ2v) is 3.37. The highest BCUT2D eigenvalue weighted by Crippen LogP contribution is 2.27. The fourth-order valence-corrected chi connectivity index (χ4v) is 1.72. The Kier molecular flexibility index (Phi) is 3.07. The van der Waals surface area contributed by atoms with Gasteiger partial charge in [0.1, 0.15) is 0 Å². The highest BCUT2D eigenvalue weighted by Gasteiger charge is 2.11. The van der Waals surface area contributed by atoms with Crippen molar-refractivity contribution in [2.45, 2.75) is 26.7 Å². The van der Waals surface area contributed by atoms with Crippen molar-refractivity contribution in [3.63, 3.8) is 0 Å². The van der Waals surface area contributed by atoms with E-state index in [1.807, 2.05) is 0 Å². The predicted molar refractivity (Wildman–Crippen MR) is 56.7 cm³/mol. The average Bonchev–Trinajstić information content (AvgIpc) is 2.04. The Bertz CT molecular complexity index is 306. The third-order valence-corrected chi connectivity index (χ3v) is 2.34. The second-order valence-electron chi connectivity index (χ2n) is 3.37. The highest BCUT2D eigenvalue weighted by molar-refractivity contribution is 5.71. The molecule has 3 N–H and O–H groups in total. The molecule has 0 aromatic rings. The Labute approximate surface area is 79.3 Å². The van der Waals surface area contributed by atoms with Gasteiger partial charge in [-0.3, -0.25) is 0 Å². The van der Waals surface area contributed by atoms with Crippen LogP contribution in [0.15, 0.2) is 34.6 Å². The van der Waals surface area contributed by atoms with Gasteiger partial charge < -0.3 is 11.1 Å². The standard InChI is InChI=1S/C11H16N2/c1-8-4-3-5-9(2)11(8)10(13)6-7-12/h4,6-7,12H,3,5,13H2,1-2H3. The molecular formula is C11H16N2. The van der Waals surface area contributed by atoms with E-state index in [2.05, 4.69) is 19.9 Å². The lowest BCUT2D eigenvalue weighted by Crippen LogP contribution is -2.07. The molecule has 13 heavy (non-hydrogen) atoms. The van der Waals surface area contributed by atoms with E-state index in [0.717, 1.165) is 18.4 Å². The van der Waals surface area contributed by atoms with Crippen molar-refractivity contribution in [2.75, 3.05) is 0 Å². The third-order valence-electron chi connectivity index (χ3n) is 2.34. The minimum atomic E-state index is 0.709. The lowest BCUT2D eigenvalue weighted by atomic mass is 9.90. The van der Waals surface area contributed by atoms with Gasteiger partial charge >= 0.3 is 0 Å². The van der Waals surface area contributed by atoms with Crippen LogP contribution in [0.3, 0.4) is 0 Å². The molecule has 1 aliphatic carbocycles. The summed E-state index contributed by atoms with van der Waals surface area (Å²) in [6, 6.07) is 0. The maximum Gasteiger partial charge on any atom is 0.0404 e. The largest absolute Gasteiger partial charge is 0.398 e. The number of hydrogen-bond donors (Lipinski definition) is 2. The lowest BCUT2D eigenvalue weighted by molar-refractivity contribution is 0.919. The summed E-state index contributed by atoms with van der Waals surface area (Å²) < 4.78 is 0. The summed E-state index contributed by atoms with van der Waals surface area (Å²) in [5.41, 5.74) is 10.3. The third kappa shape index (κ3) is 2.08. The Morgan fingerprint density at radius 1 is 1.54 bits per heavy atom. The zero-order chi connectivity index (χ0) is 9.84. The minimum absolute atomic E-state index is 0.709. The smallest absolute Gasteiger partial charge is 0.0404 e. The summed E-state index contributed by atoms with van der Waals surface area (Å²) in [6.45, 7) is 4.18. The van der Waals surface area contributed by atoms with Crippen molar-refractivity contribution < 1.29 is 0 Å². The van der Waals surface area contributed by atoms with Crippen molar-refractivity contribution in [1.82, 2.24) is 0 Å². The van der Waals surface area contributed by atoms with E-state index in [9.17, 15) is 0 Å². The first-order valence-electron chi connectivity index (χ1n) is 4.50. The van der Waals surface area contributed by atoms with E-state index >= 15 is 0 Å². The van der Waals surface area contributed by atoms with E-state index in [4.69, 9.17) is 11.1 Å². The summed E-state index contributed by atoms with van der Waals surface area (Å²) in [6.07, 6.45) is 7.27. The Balaban J connectivity index is 3.07. The zero-order valence-corrected chi connectivity index (χ0v) is 8.22. The molecule has 0 atom stereocenters. The fraction of sp³-hybridized carbons (Fsp3) is 0.364. The van der Waals surface area contributed by atoms with Crippen LogP contribution < -0.4 is 5.73 Å². The Morgan fingerprint density at radius 2 is 2.23 bits per heavy atom. The van der Waals surface area contributed by atoms with Crippen LogP contribution in [-0.2, 0) is 0 Å². The topological polar surface area (TPSA) is 49.9 Å². The molecule has 0 saturated heterocycles. The van der Waals surface area contributed by atoms with Crippen LogP contribution in [0.2, 0.25) is 0 Å². The van der Waals surface area contributed by atoms with Crippen molar-refractivity contribution in [1.29, 1.82) is 5.41 Å². The molecule has 0 radical (unpaired) electrons. The van der Waals surface area contributed by atoms with E-state index in [0.29, 0.717) is 5.70 Å². The number of rotatable bonds is 2. The van der Waals surface area contributed by atoms with Gasteiger partial charge in [-0.25, -0.2) is 0 Å². The number of nitrogens with one attached hydrogen (secondary N) is 1. The van der Waals surface area contributed by atoms with Gasteiger partial charge in [0, 0.05) is 11.9 Å². The zero-order valence-electron chi connectivity index (χ0n) is 8.22. The van der Waals surface area contributed by atoms with Crippen LogP contribution >= 0.6 is 0 Å². The van der Waals surface area contributed by atoms with Crippen LogP contribution in [0.5, 0.6) is 0 Å². The van der Waals surface area contributed by atoms with Crippen molar-refractivity contribution >= 4 is 6.21 Å². The number of hydrogen-bond acceptors (Lipinski definition) is 2. The quantitative estimate of drug-likeness (QED) is 0.624. The first-order valence-corrected chi connectivity index (χ1v) is 4.50. The van der Waals surface area contributed by atoms with Gasteiger partial charge in [-0.05, 0) is 43.9 Å². The summed E-state index contributed by atoms with van der Waals surface area (Å²) in [5.74, 6) is 0. The molecule has 0 aromatic heterocycles. The fourth-order valence-electron chi connectivity index (χ4n) is 1.72. The van der Waals surface area contributed by atoms with Crippen molar-refractivity contribution in [3.05, 3.63) is 34.6 Å². The predicted octanol–water partition coefficient (Wildman–Crippen LogP) is 2.54. The molecular weight excluding hydrogens is 160 g/mol. The van der Waals surface area contributed by atoms with E-state index in [1.165, 1.54) is 17.4 Å². The molecule has 0 bridgehead atoms. The van der Waals surface area contributed by atoms with Crippen LogP contribution in [0.4, 0.5) is 0 Å². The van der Waals surface area contributed by atoms with E-state index in [1.54, 1.807) is 6.08 Å². The summed E-state index contributed by atoms with van der Waals surface area (Å²) in [4.78, 5) is 0. The van der Waals surface area contributed by atoms with Crippen LogP contribution in [-0.4, -0.2) is 6.21 Å². The summed E-state index contributed by atoms with van der Waals surface area (Å²) in [5, 5.41) is 6.96. The molecule has 0 amide bonds. The molecule has 0 heterocycles. The van der Waals surface area contributed by atoms with Crippen LogP contribution in [0.1, 0.15) is 26.7 Å². The normalized spacial score (nSPS) is 18.6. The van der Waals surface area contributed by atoms with E-state index in [-0.39, 0.29) is 0 Å². The molecule has 0 unspecified atom stereocenters. The molecule has 2 heteroatoms. The maximum absolute atomic E-state index is 6.96. The molecule has 0 aliphatic heterocycles. The molecule has 70 valence electrons. The van der Waals surface area contributed by atoms with Crippen LogP contribution in [0, 0.1) is 5.41 Å². The first kappa shape index (κ1) is 9.78. The Morgan fingerprint density at radius 3 is 2.77 bits per heavy atom. The second kappa shape index (κ2) is 4.08. The van der Waals surface area contributed by atoms with Gasteiger partial charge in [0.25, 0.3) is 0 Å². The van der Waals surface area contributed by atoms with Crippen LogP contribution in [0.25, 0.3) is 0 Å². The minimum Gasteiger partial charge on any atom is -0.398 e. The molecule has 0 saturated carbocycles. The summed E-state index contributed by atoms with van der Waals surface area (Å²) >= 11 is 0. The molecule has 1 rings (SSSR count). The lowest BCUT2D eigenvalue weighted by Gasteiger charge is -2.17. The maximum atomic E-state index is 6.96. The Hall–Kier alpha value is -1.31. The molecule has 0 aromatic carbocycles. The first-order chi connectivity index (χ1) is 6.16. The highest BCUT2D eigenvalue weighted by atomic mass is 14.6. The monoisotopic (exact) mass is 176 g/mol.